The molecule has 0 spiro atoms. The highest BCUT2D eigenvalue weighted by atomic mass is 32.1. The van der Waals surface area contributed by atoms with E-state index >= 15 is 0 Å². The van der Waals surface area contributed by atoms with Crippen molar-refractivity contribution in [1.82, 2.24) is 4.98 Å². The van der Waals surface area contributed by atoms with Crippen molar-refractivity contribution in [2.24, 2.45) is 0 Å². The van der Waals surface area contributed by atoms with E-state index in [1.165, 1.54) is 0 Å². The summed E-state index contributed by atoms with van der Waals surface area (Å²) >= 11 is 1.58. The number of carbonyl (C=O) groups is 1. The summed E-state index contributed by atoms with van der Waals surface area (Å²) < 4.78 is 6.06. The normalized spacial score (nSPS) is 17.9. The third-order valence-corrected chi connectivity index (χ3v) is 3.82. The number of ether oxygens (including phenoxy) is 1. The molecule has 2 heterocycles. The Morgan fingerprint density at radius 3 is 3.00 bits per heavy atom. The summed E-state index contributed by atoms with van der Waals surface area (Å²) in [7, 11) is 0. The molecule has 1 fully saturated rings. The van der Waals surface area contributed by atoms with Gasteiger partial charge in [-0.15, -0.1) is 0 Å². The molecular weight excluding hydrogens is 248 g/mol. The molecule has 18 heavy (non-hydrogen) atoms. The highest BCUT2D eigenvalue weighted by Crippen LogP contribution is 2.27. The number of para-hydroxylation sites is 1. The van der Waals surface area contributed by atoms with Crippen molar-refractivity contribution in [2.75, 3.05) is 11.9 Å². The molecule has 1 aromatic carbocycles. The van der Waals surface area contributed by atoms with Gasteiger partial charge in [-0.2, -0.15) is 0 Å². The maximum Gasteiger partial charge on any atom is 0.335 e. The molecular formula is C13H12N2O2S. The van der Waals surface area contributed by atoms with Gasteiger partial charge < -0.3 is 10.1 Å². The fourth-order valence-corrected chi connectivity index (χ4v) is 2.86. The zero-order chi connectivity index (χ0) is 12.5. The molecule has 0 bridgehead atoms. The highest BCUT2D eigenvalue weighted by molar-refractivity contribution is 7.22. The number of allylic oxidation sites excluding steroid dienone is 1. The number of hydrogen-bond donors (Lipinski definition) is 1. The van der Waals surface area contributed by atoms with E-state index in [4.69, 9.17) is 4.74 Å². The molecule has 1 aromatic heterocycles. The summed E-state index contributed by atoms with van der Waals surface area (Å²) in [4.78, 5) is 15.9. The molecule has 0 amide bonds. The lowest BCUT2D eigenvalue weighted by molar-refractivity contribution is -0.135. The van der Waals surface area contributed by atoms with Crippen molar-refractivity contribution in [3.05, 3.63) is 35.5 Å². The topological polar surface area (TPSA) is 51.2 Å². The maximum absolute atomic E-state index is 11.4. The Balaban J connectivity index is 1.90. The molecule has 4 nitrogen and oxygen atoms in total. The first-order chi connectivity index (χ1) is 8.74. The number of rotatable bonds is 2. The Kier molecular flexibility index (Phi) is 2.76. The first-order valence-electron chi connectivity index (χ1n) is 5.73. The Bertz CT molecular complexity index is 612. The van der Waals surface area contributed by atoms with Crippen LogP contribution in [-0.4, -0.2) is 17.6 Å². The molecule has 1 aliphatic heterocycles. The van der Waals surface area contributed by atoms with Crippen LogP contribution in [0.5, 0.6) is 0 Å². The van der Waals surface area contributed by atoms with E-state index in [0.29, 0.717) is 18.6 Å². The maximum atomic E-state index is 11.4. The summed E-state index contributed by atoms with van der Waals surface area (Å²) in [6, 6.07) is 7.96. The van der Waals surface area contributed by atoms with Crippen LogP contribution >= 0.6 is 11.3 Å². The molecule has 1 saturated heterocycles. The summed E-state index contributed by atoms with van der Waals surface area (Å²) in [5.74, 6) is -0.221. The van der Waals surface area contributed by atoms with Crippen LogP contribution in [0.15, 0.2) is 35.5 Å². The van der Waals surface area contributed by atoms with Gasteiger partial charge in [0.25, 0.3) is 0 Å². The molecule has 0 aliphatic carbocycles. The average molecular weight is 260 g/mol. The van der Waals surface area contributed by atoms with Gasteiger partial charge in [-0.3, -0.25) is 0 Å². The largest absolute Gasteiger partial charge is 0.462 e. The Labute approximate surface area is 108 Å². The summed E-state index contributed by atoms with van der Waals surface area (Å²) in [6.07, 6.45) is 0.669. The highest BCUT2D eigenvalue weighted by Gasteiger charge is 2.21. The van der Waals surface area contributed by atoms with Crippen LogP contribution < -0.4 is 5.32 Å². The van der Waals surface area contributed by atoms with Gasteiger partial charge in [0, 0.05) is 12.1 Å². The number of aromatic nitrogens is 1. The van der Waals surface area contributed by atoms with Crippen LogP contribution in [-0.2, 0) is 9.53 Å². The van der Waals surface area contributed by atoms with Crippen molar-refractivity contribution >= 4 is 32.7 Å². The molecule has 5 heteroatoms. The number of anilines is 1. The number of esters is 1. The van der Waals surface area contributed by atoms with Crippen LogP contribution in [0.1, 0.15) is 13.3 Å². The Hall–Kier alpha value is -1.88. The number of fused-ring (bicyclic) bond motifs is 1. The van der Waals surface area contributed by atoms with Crippen molar-refractivity contribution in [1.29, 1.82) is 0 Å². The molecule has 1 N–H and O–H groups in total. The van der Waals surface area contributed by atoms with Crippen LogP contribution in [0.4, 0.5) is 5.13 Å². The van der Waals surface area contributed by atoms with E-state index in [9.17, 15) is 4.79 Å². The Morgan fingerprint density at radius 2 is 2.28 bits per heavy atom. The number of thiazole rings is 1. The first kappa shape index (κ1) is 11.2. The van der Waals surface area contributed by atoms with E-state index in [-0.39, 0.29) is 5.97 Å². The smallest absolute Gasteiger partial charge is 0.335 e. The molecule has 0 unspecified atom stereocenters. The lowest BCUT2D eigenvalue weighted by Crippen LogP contribution is -2.04. The van der Waals surface area contributed by atoms with Gasteiger partial charge in [0.05, 0.1) is 22.4 Å². The van der Waals surface area contributed by atoms with Crippen molar-refractivity contribution in [2.45, 2.75) is 13.3 Å². The number of hydrogen-bond acceptors (Lipinski definition) is 5. The second kappa shape index (κ2) is 4.42. The molecule has 3 rings (SSSR count). The van der Waals surface area contributed by atoms with Gasteiger partial charge in [-0.25, -0.2) is 9.78 Å². The minimum absolute atomic E-state index is 0.221. The second-order valence-electron chi connectivity index (χ2n) is 4.10. The van der Waals surface area contributed by atoms with Crippen LogP contribution in [0, 0.1) is 0 Å². The van der Waals surface area contributed by atoms with Gasteiger partial charge in [0.1, 0.15) is 0 Å². The van der Waals surface area contributed by atoms with E-state index in [1.54, 1.807) is 11.3 Å². The Morgan fingerprint density at radius 1 is 1.44 bits per heavy atom. The van der Waals surface area contributed by atoms with Crippen molar-refractivity contribution < 1.29 is 9.53 Å². The number of cyclic esters (lactones) is 1. The number of nitrogens with zero attached hydrogens (tertiary/aromatic N) is 1. The van der Waals surface area contributed by atoms with Crippen molar-refractivity contribution in [3.63, 3.8) is 0 Å². The van der Waals surface area contributed by atoms with E-state index in [1.807, 2.05) is 31.2 Å². The monoisotopic (exact) mass is 260 g/mol. The number of benzene rings is 1. The van der Waals surface area contributed by atoms with E-state index in [0.717, 1.165) is 21.0 Å². The van der Waals surface area contributed by atoms with Crippen LogP contribution in [0.3, 0.4) is 0 Å². The molecule has 2 aromatic rings. The van der Waals surface area contributed by atoms with Crippen molar-refractivity contribution in [3.8, 4) is 0 Å². The molecule has 0 radical (unpaired) electrons. The zero-order valence-electron chi connectivity index (χ0n) is 9.90. The summed E-state index contributed by atoms with van der Waals surface area (Å²) in [6.45, 7) is 2.36. The SMILES string of the molecule is CC(Nc1nc2ccccc2s1)=C1CCOC1=O. The van der Waals surface area contributed by atoms with Crippen LogP contribution in [0.25, 0.3) is 10.2 Å². The lowest BCUT2D eigenvalue weighted by atomic mass is 10.2. The van der Waals surface area contributed by atoms with Gasteiger partial charge in [0.15, 0.2) is 5.13 Å². The van der Waals surface area contributed by atoms with Crippen LogP contribution in [0.2, 0.25) is 0 Å². The van der Waals surface area contributed by atoms with Gasteiger partial charge in [-0.1, -0.05) is 23.5 Å². The fraction of sp³-hybridized carbons (Fsp3) is 0.231. The number of carbonyl (C=O) groups excluding carboxylic acids is 1. The van der Waals surface area contributed by atoms with E-state index in [2.05, 4.69) is 10.3 Å². The quantitative estimate of drug-likeness (QED) is 0.666. The molecule has 0 atom stereocenters. The predicted molar refractivity (Wildman–Crippen MR) is 71.5 cm³/mol. The third kappa shape index (κ3) is 1.97. The first-order valence-corrected chi connectivity index (χ1v) is 6.55. The van der Waals surface area contributed by atoms with Gasteiger partial charge in [0.2, 0.25) is 0 Å². The average Bonchev–Trinajstić information content (AvgIpc) is 2.94. The van der Waals surface area contributed by atoms with Gasteiger partial charge in [-0.05, 0) is 19.1 Å². The summed E-state index contributed by atoms with van der Waals surface area (Å²) in [5.41, 5.74) is 2.52. The molecule has 0 saturated carbocycles. The number of nitrogens with one attached hydrogen (secondary N) is 1. The summed E-state index contributed by atoms with van der Waals surface area (Å²) in [5, 5.41) is 4.00. The standard InChI is InChI=1S/C13H12N2O2S/c1-8(9-6-7-17-12(9)16)14-13-15-10-4-2-3-5-11(10)18-13/h2-5H,6-7H2,1H3,(H,14,15). The minimum atomic E-state index is -0.221. The second-order valence-corrected chi connectivity index (χ2v) is 5.13. The molecule has 1 aliphatic rings. The zero-order valence-corrected chi connectivity index (χ0v) is 10.7. The fourth-order valence-electron chi connectivity index (χ4n) is 1.94. The third-order valence-electron chi connectivity index (χ3n) is 2.87. The lowest BCUT2D eigenvalue weighted by Gasteiger charge is -2.03. The predicted octanol–water partition coefficient (Wildman–Crippen LogP) is 2.93. The van der Waals surface area contributed by atoms with Gasteiger partial charge >= 0.3 is 5.97 Å². The molecule has 92 valence electrons. The minimum Gasteiger partial charge on any atom is -0.462 e. The van der Waals surface area contributed by atoms with E-state index < -0.39 is 0 Å².